The van der Waals surface area contributed by atoms with Gasteiger partial charge in [0, 0.05) is 30.8 Å². The Bertz CT molecular complexity index is 879. The Morgan fingerprint density at radius 2 is 1.57 bits per heavy atom. The molecule has 1 unspecified atom stereocenters. The third-order valence-corrected chi connectivity index (χ3v) is 4.66. The third-order valence-electron chi connectivity index (χ3n) is 4.66. The maximum absolute atomic E-state index is 6.19. The van der Waals surface area contributed by atoms with E-state index < -0.39 is 0 Å². The summed E-state index contributed by atoms with van der Waals surface area (Å²) in [7, 11) is 1.68. The minimum Gasteiger partial charge on any atom is -0.380 e. The summed E-state index contributed by atoms with van der Waals surface area (Å²) >= 11 is 0. The van der Waals surface area contributed by atoms with Crippen LogP contribution in [0.15, 0.2) is 89.9 Å². The quantitative estimate of drug-likeness (QED) is 0.449. The summed E-state index contributed by atoms with van der Waals surface area (Å²) < 4.78 is 5.25. The Hall–Kier alpha value is -3.11. The molecule has 0 saturated carbocycles. The van der Waals surface area contributed by atoms with E-state index in [1.165, 1.54) is 11.1 Å². The van der Waals surface area contributed by atoms with Crippen LogP contribution in [0.5, 0.6) is 0 Å². The molecule has 0 radical (unpaired) electrons. The minimum absolute atomic E-state index is 0.262. The second kappa shape index (κ2) is 10.3. The van der Waals surface area contributed by atoms with Crippen LogP contribution < -0.4 is 11.1 Å². The van der Waals surface area contributed by atoms with Crippen LogP contribution in [0.3, 0.4) is 0 Å². The average molecular weight is 374 g/mol. The molecule has 3 aromatic rings. The van der Waals surface area contributed by atoms with Crippen molar-refractivity contribution in [3.8, 4) is 0 Å². The van der Waals surface area contributed by atoms with Crippen molar-refractivity contribution in [2.45, 2.75) is 18.9 Å². The van der Waals surface area contributed by atoms with Gasteiger partial charge in [-0.1, -0.05) is 78.9 Å². The van der Waals surface area contributed by atoms with Crippen LogP contribution >= 0.6 is 0 Å². The number of benzene rings is 3. The monoisotopic (exact) mass is 373 g/mol. The van der Waals surface area contributed by atoms with Crippen molar-refractivity contribution in [2.24, 2.45) is 10.7 Å². The van der Waals surface area contributed by atoms with Gasteiger partial charge in [-0.3, -0.25) is 4.99 Å². The molecule has 0 aliphatic carbocycles. The molecule has 28 heavy (non-hydrogen) atoms. The first kappa shape index (κ1) is 19.6. The lowest BCUT2D eigenvalue weighted by Gasteiger charge is -2.17. The molecule has 0 amide bonds. The van der Waals surface area contributed by atoms with Gasteiger partial charge in [-0.05, 0) is 23.6 Å². The molecule has 3 aromatic carbocycles. The van der Waals surface area contributed by atoms with Gasteiger partial charge in [0.1, 0.15) is 0 Å². The highest BCUT2D eigenvalue weighted by Gasteiger charge is 2.12. The van der Waals surface area contributed by atoms with Gasteiger partial charge in [0.05, 0.1) is 6.61 Å². The average Bonchev–Trinajstić information content (AvgIpc) is 2.74. The second-order valence-electron chi connectivity index (χ2n) is 6.74. The Labute approximate surface area is 167 Å². The molecule has 0 aliphatic rings. The highest BCUT2D eigenvalue weighted by molar-refractivity contribution is 5.93. The molecule has 0 aromatic heterocycles. The van der Waals surface area contributed by atoms with Crippen LogP contribution in [0.4, 0.5) is 5.69 Å². The number of hydrogen-bond acceptors (Lipinski definition) is 2. The van der Waals surface area contributed by atoms with Crippen molar-refractivity contribution in [2.75, 3.05) is 19.0 Å². The van der Waals surface area contributed by atoms with Gasteiger partial charge in [0.15, 0.2) is 5.96 Å². The van der Waals surface area contributed by atoms with E-state index in [1.54, 1.807) is 7.11 Å². The van der Waals surface area contributed by atoms with Crippen molar-refractivity contribution in [3.05, 3.63) is 102 Å². The standard InChI is InChI=1S/C24H27N3O/c1-28-18-21-14-8-9-15-23(21)27-24(25)26-17-22(20-12-6-3-7-13-20)16-19-10-4-2-5-11-19/h2-15,22H,16-18H2,1H3,(H3,25,26,27). The summed E-state index contributed by atoms with van der Waals surface area (Å²) in [6.07, 6.45) is 0.919. The molecule has 4 heteroatoms. The predicted molar refractivity (Wildman–Crippen MR) is 117 cm³/mol. The van der Waals surface area contributed by atoms with Crippen LogP contribution in [-0.4, -0.2) is 19.6 Å². The number of nitrogens with zero attached hydrogens (tertiary/aromatic N) is 1. The molecule has 0 spiro atoms. The zero-order valence-electron chi connectivity index (χ0n) is 16.2. The number of rotatable bonds is 8. The van der Waals surface area contributed by atoms with Crippen molar-refractivity contribution >= 4 is 11.6 Å². The van der Waals surface area contributed by atoms with Gasteiger partial charge in [-0.15, -0.1) is 0 Å². The molecule has 0 bridgehead atoms. The van der Waals surface area contributed by atoms with Gasteiger partial charge < -0.3 is 15.8 Å². The van der Waals surface area contributed by atoms with Crippen LogP contribution in [0.25, 0.3) is 0 Å². The first-order valence-corrected chi connectivity index (χ1v) is 9.49. The number of hydrogen-bond donors (Lipinski definition) is 2. The summed E-state index contributed by atoms with van der Waals surface area (Å²) in [5, 5.41) is 3.21. The van der Waals surface area contributed by atoms with Crippen LogP contribution in [0, 0.1) is 0 Å². The smallest absolute Gasteiger partial charge is 0.193 e. The van der Waals surface area contributed by atoms with E-state index in [2.05, 4.69) is 58.8 Å². The molecule has 3 N–H and O–H groups in total. The highest BCUT2D eigenvalue weighted by atomic mass is 16.5. The summed E-state index contributed by atoms with van der Waals surface area (Å²) in [5.74, 6) is 0.677. The zero-order chi connectivity index (χ0) is 19.6. The summed E-state index contributed by atoms with van der Waals surface area (Å²) in [5.41, 5.74) is 10.7. The zero-order valence-corrected chi connectivity index (χ0v) is 16.2. The number of ether oxygens (including phenoxy) is 1. The molecule has 4 nitrogen and oxygen atoms in total. The fourth-order valence-electron chi connectivity index (χ4n) is 3.22. The number of aliphatic imine (C=N–C) groups is 1. The first-order chi connectivity index (χ1) is 13.8. The topological polar surface area (TPSA) is 59.6 Å². The van der Waals surface area contributed by atoms with Crippen LogP contribution in [0.2, 0.25) is 0 Å². The minimum atomic E-state index is 0.262. The SMILES string of the molecule is COCc1ccccc1NC(N)=NCC(Cc1ccccc1)c1ccccc1. The normalized spacial score (nSPS) is 12.5. The van der Waals surface area contributed by atoms with Crippen molar-refractivity contribution in [1.29, 1.82) is 0 Å². The molecule has 3 rings (SSSR count). The number of anilines is 1. The fourth-order valence-corrected chi connectivity index (χ4v) is 3.22. The van der Waals surface area contributed by atoms with Gasteiger partial charge in [-0.25, -0.2) is 0 Å². The largest absolute Gasteiger partial charge is 0.380 e. The van der Waals surface area contributed by atoms with Crippen molar-refractivity contribution in [3.63, 3.8) is 0 Å². The van der Waals surface area contributed by atoms with Gasteiger partial charge in [-0.2, -0.15) is 0 Å². The highest BCUT2D eigenvalue weighted by Crippen LogP contribution is 2.22. The lowest BCUT2D eigenvalue weighted by molar-refractivity contribution is 0.185. The predicted octanol–water partition coefficient (Wildman–Crippen LogP) is 4.59. The van der Waals surface area contributed by atoms with E-state index in [0.717, 1.165) is 17.7 Å². The summed E-state index contributed by atoms with van der Waals surface area (Å²) in [6.45, 7) is 1.14. The fraction of sp³-hybridized carbons (Fsp3) is 0.208. The Balaban J connectivity index is 1.73. The molecule has 0 heterocycles. The second-order valence-corrected chi connectivity index (χ2v) is 6.74. The Morgan fingerprint density at radius 1 is 0.929 bits per heavy atom. The van der Waals surface area contributed by atoms with Crippen molar-refractivity contribution < 1.29 is 4.74 Å². The molecule has 0 aliphatic heterocycles. The van der Waals surface area contributed by atoms with Gasteiger partial charge >= 0.3 is 0 Å². The maximum atomic E-state index is 6.19. The van der Waals surface area contributed by atoms with E-state index in [0.29, 0.717) is 19.1 Å². The number of nitrogens with one attached hydrogen (secondary N) is 1. The summed E-state index contributed by atoms with van der Waals surface area (Å²) in [6, 6.07) is 28.9. The molecular weight excluding hydrogens is 346 g/mol. The van der Waals surface area contributed by atoms with Crippen molar-refractivity contribution in [1.82, 2.24) is 0 Å². The van der Waals surface area contributed by atoms with Gasteiger partial charge in [0.2, 0.25) is 0 Å². The number of guanidine groups is 1. The maximum Gasteiger partial charge on any atom is 0.193 e. The van der Waals surface area contributed by atoms with E-state index in [4.69, 9.17) is 10.5 Å². The number of methoxy groups -OCH3 is 1. The van der Waals surface area contributed by atoms with Crippen LogP contribution in [-0.2, 0) is 17.8 Å². The van der Waals surface area contributed by atoms with E-state index >= 15 is 0 Å². The van der Waals surface area contributed by atoms with Crippen LogP contribution in [0.1, 0.15) is 22.6 Å². The molecule has 0 fully saturated rings. The van der Waals surface area contributed by atoms with E-state index in [9.17, 15) is 0 Å². The molecule has 0 saturated heterocycles. The molecular formula is C24H27N3O. The number of para-hydroxylation sites is 1. The van der Waals surface area contributed by atoms with E-state index in [1.807, 2.05) is 36.4 Å². The molecule has 1 atom stereocenters. The Morgan fingerprint density at radius 3 is 2.29 bits per heavy atom. The summed E-state index contributed by atoms with van der Waals surface area (Å²) in [4.78, 5) is 4.64. The Kier molecular flexibility index (Phi) is 7.21. The van der Waals surface area contributed by atoms with E-state index in [-0.39, 0.29) is 5.92 Å². The number of nitrogens with two attached hydrogens (primary N) is 1. The lowest BCUT2D eigenvalue weighted by Crippen LogP contribution is -2.24. The third kappa shape index (κ3) is 5.69. The lowest BCUT2D eigenvalue weighted by atomic mass is 9.92. The molecule has 144 valence electrons. The first-order valence-electron chi connectivity index (χ1n) is 9.49. The van der Waals surface area contributed by atoms with Gasteiger partial charge in [0.25, 0.3) is 0 Å².